The standard InChI is InChI=1S/C12H20N4O/c1-3-16-8-14-7-10(16)12-9(13)5-4-6-11(17)15(12)2/h7-9,12H,3-6,13H2,1-2H3. The Hall–Kier alpha value is -1.36. The molecular formula is C12H20N4O. The molecule has 2 unspecified atom stereocenters. The van der Waals surface area contributed by atoms with Gasteiger partial charge in [-0.3, -0.25) is 4.79 Å². The number of amides is 1. The highest BCUT2D eigenvalue weighted by Crippen LogP contribution is 2.28. The summed E-state index contributed by atoms with van der Waals surface area (Å²) in [5.41, 5.74) is 7.25. The number of rotatable bonds is 2. The molecule has 1 aliphatic rings. The third kappa shape index (κ3) is 2.20. The lowest BCUT2D eigenvalue weighted by Gasteiger charge is -2.30. The zero-order valence-corrected chi connectivity index (χ0v) is 10.5. The van der Waals surface area contributed by atoms with Crippen molar-refractivity contribution in [2.75, 3.05) is 7.05 Å². The minimum atomic E-state index is -0.0487. The summed E-state index contributed by atoms with van der Waals surface area (Å²) < 4.78 is 2.06. The van der Waals surface area contributed by atoms with Crippen LogP contribution < -0.4 is 5.73 Å². The molecule has 1 saturated heterocycles. The zero-order valence-electron chi connectivity index (χ0n) is 10.5. The first-order valence-electron chi connectivity index (χ1n) is 6.16. The van der Waals surface area contributed by atoms with Crippen LogP contribution in [-0.2, 0) is 11.3 Å². The predicted octanol–water partition coefficient (Wildman–Crippen LogP) is 0.914. The number of likely N-dealkylation sites (tertiary alicyclic amines) is 1. The average Bonchev–Trinajstić information content (AvgIpc) is 2.72. The van der Waals surface area contributed by atoms with Gasteiger partial charge in [-0.1, -0.05) is 0 Å². The van der Waals surface area contributed by atoms with Gasteiger partial charge >= 0.3 is 0 Å². The van der Waals surface area contributed by atoms with Crippen LogP contribution in [0.5, 0.6) is 0 Å². The number of carbonyl (C=O) groups excluding carboxylic acids is 1. The fraction of sp³-hybridized carbons (Fsp3) is 0.667. The molecule has 17 heavy (non-hydrogen) atoms. The van der Waals surface area contributed by atoms with Crippen molar-refractivity contribution in [1.29, 1.82) is 0 Å². The van der Waals surface area contributed by atoms with Crippen LogP contribution in [0.4, 0.5) is 0 Å². The summed E-state index contributed by atoms with van der Waals surface area (Å²) in [6.07, 6.45) is 5.98. The Morgan fingerprint density at radius 3 is 3.06 bits per heavy atom. The molecule has 2 atom stereocenters. The number of aryl methyl sites for hydroxylation is 1. The van der Waals surface area contributed by atoms with Gasteiger partial charge in [0.2, 0.25) is 5.91 Å². The smallest absolute Gasteiger partial charge is 0.222 e. The Bertz CT molecular complexity index is 401. The van der Waals surface area contributed by atoms with E-state index in [9.17, 15) is 4.79 Å². The second-order valence-corrected chi connectivity index (χ2v) is 4.61. The van der Waals surface area contributed by atoms with E-state index in [4.69, 9.17) is 5.73 Å². The summed E-state index contributed by atoms with van der Waals surface area (Å²) in [6, 6.07) is -0.0547. The SMILES string of the molecule is CCn1cncc1C1C(N)CCCC(=O)N1C. The van der Waals surface area contributed by atoms with Crippen molar-refractivity contribution in [2.24, 2.45) is 5.73 Å². The Morgan fingerprint density at radius 2 is 2.35 bits per heavy atom. The van der Waals surface area contributed by atoms with Crippen LogP contribution in [0, 0.1) is 0 Å². The number of nitrogens with zero attached hydrogens (tertiary/aromatic N) is 3. The third-order valence-electron chi connectivity index (χ3n) is 3.53. The van der Waals surface area contributed by atoms with Crippen LogP contribution in [0.1, 0.15) is 37.9 Å². The van der Waals surface area contributed by atoms with Gasteiger partial charge in [0, 0.05) is 26.1 Å². The number of imidazole rings is 1. The van der Waals surface area contributed by atoms with Gasteiger partial charge in [-0.05, 0) is 19.8 Å². The van der Waals surface area contributed by atoms with E-state index in [1.807, 2.05) is 13.2 Å². The first kappa shape index (κ1) is 12.1. The first-order chi connectivity index (χ1) is 8.15. The summed E-state index contributed by atoms with van der Waals surface area (Å²) in [4.78, 5) is 17.8. The van der Waals surface area contributed by atoms with Gasteiger partial charge in [0.25, 0.3) is 0 Å². The largest absolute Gasteiger partial charge is 0.336 e. The van der Waals surface area contributed by atoms with Gasteiger partial charge in [0.15, 0.2) is 0 Å². The summed E-state index contributed by atoms with van der Waals surface area (Å²) in [5.74, 6) is 0.173. The van der Waals surface area contributed by atoms with Gasteiger partial charge in [0.05, 0.1) is 24.3 Å². The molecule has 0 radical (unpaired) electrons. The van der Waals surface area contributed by atoms with Crippen molar-refractivity contribution in [3.63, 3.8) is 0 Å². The molecular weight excluding hydrogens is 216 g/mol. The van der Waals surface area contributed by atoms with Crippen molar-refractivity contribution in [1.82, 2.24) is 14.5 Å². The van der Waals surface area contributed by atoms with Crippen LogP contribution in [0.3, 0.4) is 0 Å². The van der Waals surface area contributed by atoms with Gasteiger partial charge in [-0.25, -0.2) is 4.98 Å². The second-order valence-electron chi connectivity index (χ2n) is 4.61. The number of carbonyl (C=O) groups is 1. The summed E-state index contributed by atoms with van der Waals surface area (Å²) in [6.45, 7) is 2.91. The normalized spacial score (nSPS) is 26.1. The highest BCUT2D eigenvalue weighted by molar-refractivity contribution is 5.76. The highest BCUT2D eigenvalue weighted by atomic mass is 16.2. The van der Waals surface area contributed by atoms with Gasteiger partial charge in [-0.2, -0.15) is 0 Å². The Kier molecular flexibility index (Phi) is 3.47. The van der Waals surface area contributed by atoms with Crippen molar-refractivity contribution in [2.45, 2.75) is 44.8 Å². The Balaban J connectivity index is 2.35. The summed E-state index contributed by atoms with van der Waals surface area (Å²) in [7, 11) is 1.84. The van der Waals surface area contributed by atoms with E-state index in [1.165, 1.54) is 0 Å². The van der Waals surface area contributed by atoms with Crippen LogP contribution >= 0.6 is 0 Å². The molecule has 0 spiro atoms. The molecule has 1 amide bonds. The summed E-state index contributed by atoms with van der Waals surface area (Å²) in [5, 5.41) is 0. The number of likely N-dealkylation sites (N-methyl/N-ethyl adjacent to an activating group) is 1. The second kappa shape index (κ2) is 4.87. The topological polar surface area (TPSA) is 64.2 Å². The molecule has 5 nitrogen and oxygen atoms in total. The van der Waals surface area contributed by atoms with Crippen LogP contribution in [0.25, 0.3) is 0 Å². The van der Waals surface area contributed by atoms with Gasteiger partial charge in [-0.15, -0.1) is 0 Å². The molecule has 94 valence electrons. The van der Waals surface area contributed by atoms with E-state index in [-0.39, 0.29) is 18.0 Å². The number of nitrogens with two attached hydrogens (primary N) is 1. The fourth-order valence-electron chi connectivity index (χ4n) is 2.52. The van der Waals surface area contributed by atoms with Crippen LogP contribution in [-0.4, -0.2) is 33.4 Å². The van der Waals surface area contributed by atoms with Crippen molar-refractivity contribution in [3.8, 4) is 0 Å². The maximum absolute atomic E-state index is 11.9. The molecule has 1 aromatic rings. The van der Waals surface area contributed by atoms with Gasteiger partial charge < -0.3 is 15.2 Å². The maximum Gasteiger partial charge on any atom is 0.222 e. The molecule has 0 aromatic carbocycles. The molecule has 5 heteroatoms. The Morgan fingerprint density at radius 1 is 1.59 bits per heavy atom. The number of aromatic nitrogens is 2. The van der Waals surface area contributed by atoms with Gasteiger partial charge in [0.1, 0.15) is 0 Å². The van der Waals surface area contributed by atoms with Crippen molar-refractivity contribution < 1.29 is 4.79 Å². The third-order valence-corrected chi connectivity index (χ3v) is 3.53. The number of hydrogen-bond acceptors (Lipinski definition) is 3. The maximum atomic E-state index is 11.9. The molecule has 1 aromatic heterocycles. The van der Waals surface area contributed by atoms with Crippen LogP contribution in [0.15, 0.2) is 12.5 Å². The van der Waals surface area contributed by atoms with E-state index in [2.05, 4.69) is 16.5 Å². The number of hydrogen-bond donors (Lipinski definition) is 1. The van der Waals surface area contributed by atoms with E-state index in [0.29, 0.717) is 6.42 Å². The summed E-state index contributed by atoms with van der Waals surface area (Å²) >= 11 is 0. The lowest BCUT2D eigenvalue weighted by atomic mass is 10.0. The predicted molar refractivity (Wildman–Crippen MR) is 65.2 cm³/mol. The zero-order chi connectivity index (χ0) is 12.4. The molecule has 0 aliphatic carbocycles. The lowest BCUT2D eigenvalue weighted by Crippen LogP contribution is -2.40. The minimum absolute atomic E-state index is 0.00606. The lowest BCUT2D eigenvalue weighted by molar-refractivity contribution is -0.131. The molecule has 2 heterocycles. The molecule has 0 saturated carbocycles. The molecule has 2 N–H and O–H groups in total. The molecule has 1 fully saturated rings. The monoisotopic (exact) mass is 236 g/mol. The minimum Gasteiger partial charge on any atom is -0.336 e. The highest BCUT2D eigenvalue weighted by Gasteiger charge is 2.32. The Labute approximate surface area is 102 Å². The van der Waals surface area contributed by atoms with Crippen molar-refractivity contribution in [3.05, 3.63) is 18.2 Å². The average molecular weight is 236 g/mol. The van der Waals surface area contributed by atoms with Crippen LogP contribution in [0.2, 0.25) is 0 Å². The first-order valence-corrected chi connectivity index (χ1v) is 6.16. The fourth-order valence-corrected chi connectivity index (χ4v) is 2.52. The molecule has 0 bridgehead atoms. The molecule has 2 rings (SSSR count). The van der Waals surface area contributed by atoms with E-state index in [0.717, 1.165) is 25.1 Å². The van der Waals surface area contributed by atoms with Crippen molar-refractivity contribution >= 4 is 5.91 Å². The van der Waals surface area contributed by atoms with E-state index < -0.39 is 0 Å². The quantitative estimate of drug-likeness (QED) is 0.830. The van der Waals surface area contributed by atoms with E-state index in [1.54, 1.807) is 11.2 Å². The van der Waals surface area contributed by atoms with E-state index >= 15 is 0 Å². The molecule has 1 aliphatic heterocycles.